The molecule has 1 unspecified atom stereocenters. The highest BCUT2D eigenvalue weighted by Gasteiger charge is 2.36. The molecule has 0 saturated heterocycles. The van der Waals surface area contributed by atoms with Gasteiger partial charge in [-0.3, -0.25) is 0 Å². The normalized spacial score (nSPS) is 33.7. The first-order valence-corrected chi connectivity index (χ1v) is 5.83. The van der Waals surface area contributed by atoms with Gasteiger partial charge < -0.3 is 0 Å². The van der Waals surface area contributed by atoms with Gasteiger partial charge in [-0.05, 0) is 42.4 Å². The van der Waals surface area contributed by atoms with Gasteiger partial charge in [-0.25, -0.2) is 0 Å². The Kier molecular flexibility index (Phi) is 3.09. The zero-order valence-corrected chi connectivity index (χ0v) is 10.1. The minimum absolute atomic E-state index is 0.599. The van der Waals surface area contributed by atoms with Crippen molar-refractivity contribution in [3.05, 3.63) is 0 Å². The molecule has 1 saturated carbocycles. The van der Waals surface area contributed by atoms with Crippen LogP contribution in [-0.4, -0.2) is 0 Å². The Balaban J connectivity index is 2.58. The first kappa shape index (κ1) is 11.1. The van der Waals surface area contributed by atoms with Crippen LogP contribution in [0.25, 0.3) is 0 Å². The molecule has 1 fully saturated rings. The Morgan fingerprint density at radius 1 is 1.08 bits per heavy atom. The molecular weight excluding hydrogens is 156 g/mol. The number of hydrogen-bond acceptors (Lipinski definition) is 0. The van der Waals surface area contributed by atoms with E-state index in [9.17, 15) is 0 Å². The quantitative estimate of drug-likeness (QED) is 0.583. The van der Waals surface area contributed by atoms with E-state index in [1.54, 1.807) is 0 Å². The van der Waals surface area contributed by atoms with E-state index in [1.807, 2.05) is 0 Å². The van der Waals surface area contributed by atoms with E-state index in [1.165, 1.54) is 32.1 Å². The monoisotopic (exact) mass is 182 g/mol. The molecule has 78 valence electrons. The lowest BCUT2D eigenvalue weighted by molar-refractivity contribution is 0.0793. The molecule has 1 atom stereocenters. The zero-order valence-electron chi connectivity index (χ0n) is 10.1. The minimum atomic E-state index is 0.599. The van der Waals surface area contributed by atoms with Crippen LogP contribution in [0.5, 0.6) is 0 Å². The van der Waals surface area contributed by atoms with E-state index >= 15 is 0 Å². The summed E-state index contributed by atoms with van der Waals surface area (Å²) in [5, 5.41) is 0. The fourth-order valence-corrected chi connectivity index (χ4v) is 3.49. The SMILES string of the molecule is CC(C)CC1(C)CCCC(C)(C)C1. The second-order valence-corrected chi connectivity index (χ2v) is 6.60. The molecule has 0 amide bonds. The highest BCUT2D eigenvalue weighted by atomic mass is 14.4. The van der Waals surface area contributed by atoms with Gasteiger partial charge in [-0.1, -0.05) is 41.0 Å². The highest BCUT2D eigenvalue weighted by molar-refractivity contribution is 4.87. The Bertz CT molecular complexity index is 167. The molecule has 0 heteroatoms. The van der Waals surface area contributed by atoms with Crippen molar-refractivity contribution in [3.8, 4) is 0 Å². The van der Waals surface area contributed by atoms with Crippen molar-refractivity contribution in [3.63, 3.8) is 0 Å². The standard InChI is InChI=1S/C13H26/c1-11(2)9-13(5)8-6-7-12(3,4)10-13/h11H,6-10H2,1-5H3. The lowest BCUT2D eigenvalue weighted by Gasteiger charge is -2.43. The summed E-state index contributed by atoms with van der Waals surface area (Å²) < 4.78 is 0. The fourth-order valence-electron chi connectivity index (χ4n) is 3.49. The third kappa shape index (κ3) is 3.32. The molecule has 0 aromatic heterocycles. The molecule has 0 radical (unpaired) electrons. The molecule has 0 heterocycles. The molecular formula is C13H26. The van der Waals surface area contributed by atoms with Crippen LogP contribution in [0.1, 0.15) is 66.7 Å². The molecule has 0 bridgehead atoms. The van der Waals surface area contributed by atoms with Crippen LogP contribution in [0.2, 0.25) is 0 Å². The van der Waals surface area contributed by atoms with Crippen LogP contribution < -0.4 is 0 Å². The van der Waals surface area contributed by atoms with Crippen LogP contribution in [0.15, 0.2) is 0 Å². The lowest BCUT2D eigenvalue weighted by atomic mass is 9.62. The molecule has 13 heavy (non-hydrogen) atoms. The van der Waals surface area contributed by atoms with E-state index in [0.29, 0.717) is 10.8 Å². The molecule has 1 aliphatic rings. The highest BCUT2D eigenvalue weighted by Crippen LogP contribution is 2.48. The summed E-state index contributed by atoms with van der Waals surface area (Å²) in [6.07, 6.45) is 7.17. The van der Waals surface area contributed by atoms with Gasteiger partial charge >= 0.3 is 0 Å². The molecule has 0 aromatic rings. The van der Waals surface area contributed by atoms with Crippen LogP contribution >= 0.6 is 0 Å². The maximum Gasteiger partial charge on any atom is -0.0318 e. The van der Waals surface area contributed by atoms with Gasteiger partial charge in [-0.15, -0.1) is 0 Å². The van der Waals surface area contributed by atoms with Crippen LogP contribution in [0, 0.1) is 16.7 Å². The average Bonchev–Trinajstić information content (AvgIpc) is 1.79. The topological polar surface area (TPSA) is 0 Å². The van der Waals surface area contributed by atoms with Crippen molar-refractivity contribution in [1.29, 1.82) is 0 Å². The zero-order chi connectivity index (χ0) is 10.1. The number of rotatable bonds is 2. The third-order valence-corrected chi connectivity index (χ3v) is 3.44. The second-order valence-electron chi connectivity index (χ2n) is 6.60. The first-order valence-electron chi connectivity index (χ1n) is 5.83. The summed E-state index contributed by atoms with van der Waals surface area (Å²) in [7, 11) is 0. The van der Waals surface area contributed by atoms with E-state index in [2.05, 4.69) is 34.6 Å². The largest absolute Gasteiger partial charge is 0.0628 e. The Hall–Kier alpha value is 0. The van der Waals surface area contributed by atoms with Gasteiger partial charge in [0.2, 0.25) is 0 Å². The van der Waals surface area contributed by atoms with E-state index < -0.39 is 0 Å². The van der Waals surface area contributed by atoms with Crippen molar-refractivity contribution in [1.82, 2.24) is 0 Å². The summed E-state index contributed by atoms with van der Waals surface area (Å²) in [4.78, 5) is 0. The molecule has 1 aliphatic carbocycles. The Morgan fingerprint density at radius 2 is 1.69 bits per heavy atom. The lowest BCUT2D eigenvalue weighted by Crippen LogP contribution is -2.31. The van der Waals surface area contributed by atoms with Crippen LogP contribution in [0.3, 0.4) is 0 Å². The fraction of sp³-hybridized carbons (Fsp3) is 1.00. The van der Waals surface area contributed by atoms with Crippen LogP contribution in [-0.2, 0) is 0 Å². The second kappa shape index (κ2) is 3.63. The molecule has 1 rings (SSSR count). The summed E-state index contributed by atoms with van der Waals surface area (Å²) in [5.74, 6) is 0.860. The predicted octanol–water partition coefficient (Wildman–Crippen LogP) is 4.64. The minimum Gasteiger partial charge on any atom is -0.0628 e. The van der Waals surface area contributed by atoms with Gasteiger partial charge in [0.25, 0.3) is 0 Å². The summed E-state index contributed by atoms with van der Waals surface area (Å²) in [5.41, 5.74) is 1.23. The van der Waals surface area contributed by atoms with E-state index in [-0.39, 0.29) is 0 Å². The smallest absolute Gasteiger partial charge is 0.0318 e. The maximum atomic E-state index is 2.49. The third-order valence-electron chi connectivity index (χ3n) is 3.44. The molecule has 0 aliphatic heterocycles. The van der Waals surface area contributed by atoms with Crippen molar-refractivity contribution in [2.75, 3.05) is 0 Å². The van der Waals surface area contributed by atoms with E-state index in [0.717, 1.165) is 5.92 Å². The predicted molar refractivity (Wildman–Crippen MR) is 59.8 cm³/mol. The van der Waals surface area contributed by atoms with Crippen LogP contribution in [0.4, 0.5) is 0 Å². The maximum absolute atomic E-state index is 2.49. The van der Waals surface area contributed by atoms with Crippen molar-refractivity contribution in [2.24, 2.45) is 16.7 Å². The Morgan fingerprint density at radius 3 is 2.15 bits per heavy atom. The van der Waals surface area contributed by atoms with Gasteiger partial charge in [0.05, 0.1) is 0 Å². The van der Waals surface area contributed by atoms with Gasteiger partial charge in [-0.2, -0.15) is 0 Å². The molecule has 0 aromatic carbocycles. The first-order chi connectivity index (χ1) is 5.83. The van der Waals surface area contributed by atoms with Crippen molar-refractivity contribution in [2.45, 2.75) is 66.7 Å². The van der Waals surface area contributed by atoms with Gasteiger partial charge in [0, 0.05) is 0 Å². The molecule has 0 N–H and O–H groups in total. The van der Waals surface area contributed by atoms with Gasteiger partial charge in [0.15, 0.2) is 0 Å². The Labute approximate surface area is 84.1 Å². The molecule has 0 nitrogen and oxygen atoms in total. The summed E-state index contributed by atoms with van der Waals surface area (Å²) in [6, 6.07) is 0. The number of hydrogen-bond donors (Lipinski definition) is 0. The van der Waals surface area contributed by atoms with Gasteiger partial charge in [0.1, 0.15) is 0 Å². The van der Waals surface area contributed by atoms with E-state index in [4.69, 9.17) is 0 Å². The summed E-state index contributed by atoms with van der Waals surface area (Å²) >= 11 is 0. The van der Waals surface area contributed by atoms with Crippen molar-refractivity contribution < 1.29 is 0 Å². The summed E-state index contributed by atoms with van der Waals surface area (Å²) in [6.45, 7) is 12.1. The van der Waals surface area contributed by atoms with Crippen molar-refractivity contribution >= 4 is 0 Å². The average molecular weight is 182 g/mol. The molecule has 0 spiro atoms.